The molecule has 0 radical (unpaired) electrons. The van der Waals surface area contributed by atoms with Gasteiger partial charge in [0.2, 0.25) is 11.8 Å². The van der Waals surface area contributed by atoms with Crippen molar-refractivity contribution < 1.29 is 14.3 Å². The largest absolute Gasteiger partial charge is 0.497 e. The lowest BCUT2D eigenvalue weighted by atomic mass is 9.81. The van der Waals surface area contributed by atoms with Crippen molar-refractivity contribution in [2.24, 2.45) is 5.73 Å². The Bertz CT molecular complexity index is 936. The third-order valence-corrected chi connectivity index (χ3v) is 5.08. The van der Waals surface area contributed by atoms with Gasteiger partial charge in [0.1, 0.15) is 11.3 Å². The van der Waals surface area contributed by atoms with E-state index in [0.717, 1.165) is 43.4 Å². The zero-order chi connectivity index (χ0) is 20.7. The first-order chi connectivity index (χ1) is 14.0. The van der Waals surface area contributed by atoms with Gasteiger partial charge in [0.15, 0.2) is 0 Å². The smallest absolute Gasteiger partial charge is 0.250 e. The molecule has 6 nitrogen and oxygen atoms in total. The van der Waals surface area contributed by atoms with Gasteiger partial charge in [0, 0.05) is 18.0 Å². The Hall–Kier alpha value is -3.33. The summed E-state index contributed by atoms with van der Waals surface area (Å²) in [6.07, 6.45) is 8.06. The quantitative estimate of drug-likeness (QED) is 0.766. The Labute approximate surface area is 170 Å². The fourth-order valence-corrected chi connectivity index (χ4v) is 3.51. The molecule has 1 aliphatic carbocycles. The van der Waals surface area contributed by atoms with Crippen LogP contribution in [0.3, 0.4) is 0 Å². The van der Waals surface area contributed by atoms with Gasteiger partial charge in [-0.05, 0) is 36.6 Å². The van der Waals surface area contributed by atoms with Crippen LogP contribution in [-0.4, -0.2) is 29.4 Å². The van der Waals surface area contributed by atoms with Crippen LogP contribution in [0.5, 0.6) is 5.75 Å². The van der Waals surface area contributed by atoms with Crippen molar-refractivity contribution in [1.82, 2.24) is 10.3 Å². The highest BCUT2D eigenvalue weighted by Gasteiger charge is 2.31. The van der Waals surface area contributed by atoms with Gasteiger partial charge in [-0.2, -0.15) is 0 Å². The number of hydrogen-bond donors (Lipinski definition) is 2. The Kier molecular flexibility index (Phi) is 6.50. The van der Waals surface area contributed by atoms with Crippen LogP contribution in [-0.2, 0) is 11.2 Å². The molecule has 2 amide bonds. The predicted octanol–water partition coefficient (Wildman–Crippen LogP) is 2.60. The van der Waals surface area contributed by atoms with Crippen molar-refractivity contribution in [2.45, 2.75) is 44.1 Å². The Morgan fingerprint density at radius 1 is 1.17 bits per heavy atom. The van der Waals surface area contributed by atoms with E-state index >= 15 is 0 Å². The van der Waals surface area contributed by atoms with Crippen molar-refractivity contribution in [3.8, 4) is 17.6 Å². The summed E-state index contributed by atoms with van der Waals surface area (Å²) in [5.74, 6) is 6.50. The molecular formula is C23H25N3O3. The minimum atomic E-state index is -0.565. The number of rotatable bonds is 5. The predicted molar refractivity (Wildman–Crippen MR) is 110 cm³/mol. The second-order valence-electron chi connectivity index (χ2n) is 7.29. The second kappa shape index (κ2) is 9.24. The molecule has 0 atom stereocenters. The van der Waals surface area contributed by atoms with E-state index in [1.165, 1.54) is 6.20 Å². The lowest BCUT2D eigenvalue weighted by Gasteiger charge is -2.33. The number of carbonyl (C=O) groups is 2. The standard InChI is InChI=1S/C23H25N3O3/c1-29-20-7-5-17(6-8-20)14-21(27)26-23(10-3-2-4-11-23)12-9-18-13-19(22(24)28)16-25-15-18/h5-8,13,15-16H,2-4,10-11,14H2,1H3,(H2,24,28)(H,26,27). The summed E-state index contributed by atoms with van der Waals surface area (Å²) >= 11 is 0. The molecular weight excluding hydrogens is 366 g/mol. The summed E-state index contributed by atoms with van der Waals surface area (Å²) < 4.78 is 5.16. The van der Waals surface area contributed by atoms with Crippen molar-refractivity contribution in [3.63, 3.8) is 0 Å². The van der Waals surface area contributed by atoms with Crippen LogP contribution in [0.25, 0.3) is 0 Å². The van der Waals surface area contributed by atoms with Crippen LogP contribution in [0, 0.1) is 11.8 Å². The zero-order valence-electron chi connectivity index (χ0n) is 16.5. The van der Waals surface area contributed by atoms with Crippen LogP contribution in [0.2, 0.25) is 0 Å². The van der Waals surface area contributed by atoms with Crippen LogP contribution >= 0.6 is 0 Å². The van der Waals surface area contributed by atoms with Gasteiger partial charge in [-0.3, -0.25) is 14.6 Å². The minimum absolute atomic E-state index is 0.0598. The molecule has 0 saturated heterocycles. The summed E-state index contributed by atoms with van der Waals surface area (Å²) in [7, 11) is 1.61. The summed E-state index contributed by atoms with van der Waals surface area (Å²) in [4.78, 5) is 28.1. The van der Waals surface area contributed by atoms with Gasteiger partial charge in [-0.15, -0.1) is 0 Å². The molecule has 1 saturated carbocycles. The maximum absolute atomic E-state index is 12.7. The molecule has 0 spiro atoms. The number of amides is 2. The number of aromatic nitrogens is 1. The normalized spacial score (nSPS) is 14.9. The summed E-state index contributed by atoms with van der Waals surface area (Å²) in [5, 5.41) is 3.16. The third kappa shape index (κ3) is 5.58. The molecule has 1 fully saturated rings. The molecule has 0 unspecified atom stereocenters. The number of nitrogens with one attached hydrogen (secondary N) is 1. The molecule has 150 valence electrons. The van der Waals surface area contributed by atoms with Gasteiger partial charge in [0.25, 0.3) is 0 Å². The van der Waals surface area contributed by atoms with Crippen LogP contribution in [0.4, 0.5) is 0 Å². The van der Waals surface area contributed by atoms with E-state index < -0.39 is 11.4 Å². The SMILES string of the molecule is COc1ccc(CC(=O)NC2(C#Cc3cncc(C(N)=O)c3)CCCCC2)cc1. The molecule has 6 heteroatoms. The highest BCUT2D eigenvalue weighted by Crippen LogP contribution is 2.28. The first-order valence-electron chi connectivity index (χ1n) is 9.72. The average Bonchev–Trinajstić information content (AvgIpc) is 2.73. The Morgan fingerprint density at radius 3 is 2.55 bits per heavy atom. The highest BCUT2D eigenvalue weighted by molar-refractivity contribution is 5.92. The van der Waals surface area contributed by atoms with Crippen LogP contribution in [0.15, 0.2) is 42.7 Å². The minimum Gasteiger partial charge on any atom is -0.497 e. The van der Waals surface area contributed by atoms with E-state index in [1.54, 1.807) is 19.4 Å². The Balaban J connectivity index is 1.75. The van der Waals surface area contributed by atoms with E-state index in [4.69, 9.17) is 10.5 Å². The summed E-state index contributed by atoms with van der Waals surface area (Å²) in [6.45, 7) is 0. The van der Waals surface area contributed by atoms with Crippen LogP contribution < -0.4 is 15.8 Å². The fourth-order valence-electron chi connectivity index (χ4n) is 3.51. The number of benzene rings is 1. The summed E-state index contributed by atoms with van der Waals surface area (Å²) in [5.41, 5.74) is 6.59. The van der Waals surface area contributed by atoms with Crippen molar-refractivity contribution in [1.29, 1.82) is 0 Å². The number of hydrogen-bond acceptors (Lipinski definition) is 4. The number of nitrogens with two attached hydrogens (primary N) is 1. The first-order valence-corrected chi connectivity index (χ1v) is 9.72. The number of carbonyl (C=O) groups excluding carboxylic acids is 2. The molecule has 2 aromatic rings. The number of primary amides is 1. The highest BCUT2D eigenvalue weighted by atomic mass is 16.5. The number of ether oxygens (including phenoxy) is 1. The molecule has 1 aromatic carbocycles. The molecule has 1 aliphatic rings. The maximum Gasteiger partial charge on any atom is 0.250 e. The molecule has 1 heterocycles. The second-order valence-corrected chi connectivity index (χ2v) is 7.29. The molecule has 3 N–H and O–H groups in total. The maximum atomic E-state index is 12.7. The van der Waals surface area contributed by atoms with E-state index in [0.29, 0.717) is 11.1 Å². The topological polar surface area (TPSA) is 94.3 Å². The molecule has 0 bridgehead atoms. The van der Waals surface area contributed by atoms with Gasteiger partial charge < -0.3 is 15.8 Å². The Morgan fingerprint density at radius 2 is 1.90 bits per heavy atom. The average molecular weight is 391 g/mol. The lowest BCUT2D eigenvalue weighted by Crippen LogP contribution is -2.49. The number of nitrogens with zero attached hydrogens (tertiary/aromatic N) is 1. The summed E-state index contributed by atoms with van der Waals surface area (Å²) in [6, 6.07) is 9.09. The third-order valence-electron chi connectivity index (χ3n) is 5.08. The van der Waals surface area contributed by atoms with Gasteiger partial charge in [0.05, 0.1) is 19.1 Å². The molecule has 0 aliphatic heterocycles. The van der Waals surface area contributed by atoms with Crippen molar-refractivity contribution in [3.05, 3.63) is 59.4 Å². The van der Waals surface area contributed by atoms with Crippen LogP contribution in [0.1, 0.15) is 53.6 Å². The van der Waals surface area contributed by atoms with Gasteiger partial charge in [-0.1, -0.05) is 43.2 Å². The van der Waals surface area contributed by atoms with E-state index in [2.05, 4.69) is 22.1 Å². The first kappa shape index (κ1) is 20.4. The fraction of sp³-hybridized carbons (Fsp3) is 0.348. The van der Waals surface area contributed by atoms with E-state index in [9.17, 15) is 9.59 Å². The van der Waals surface area contributed by atoms with E-state index in [1.807, 2.05) is 24.3 Å². The lowest BCUT2D eigenvalue weighted by molar-refractivity contribution is -0.122. The van der Waals surface area contributed by atoms with Crippen molar-refractivity contribution >= 4 is 11.8 Å². The monoisotopic (exact) mass is 391 g/mol. The zero-order valence-corrected chi connectivity index (χ0v) is 16.5. The molecule has 1 aromatic heterocycles. The van der Waals surface area contributed by atoms with Gasteiger partial charge in [-0.25, -0.2) is 0 Å². The van der Waals surface area contributed by atoms with E-state index in [-0.39, 0.29) is 12.3 Å². The molecule has 29 heavy (non-hydrogen) atoms. The molecule has 3 rings (SSSR count). The van der Waals surface area contributed by atoms with Crippen molar-refractivity contribution in [2.75, 3.05) is 7.11 Å². The number of pyridine rings is 1. The van der Waals surface area contributed by atoms with Gasteiger partial charge >= 0.3 is 0 Å². The number of methoxy groups -OCH3 is 1.